The molecule has 0 aromatic heterocycles. The smallest absolute Gasteiger partial charge is 0.255 e. The molecular formula is C10H15N3O2. The molecule has 0 saturated heterocycles. The molecule has 0 fully saturated rings. The first-order valence-electron chi connectivity index (χ1n) is 4.61. The summed E-state index contributed by atoms with van der Waals surface area (Å²) >= 11 is 0. The fourth-order valence-electron chi connectivity index (χ4n) is 1.18. The minimum Gasteiger partial charge on any atom is -0.496 e. The van der Waals surface area contributed by atoms with E-state index in [1.54, 1.807) is 18.2 Å². The summed E-state index contributed by atoms with van der Waals surface area (Å²) in [5, 5.41) is 2.66. The summed E-state index contributed by atoms with van der Waals surface area (Å²) < 4.78 is 5.06. The summed E-state index contributed by atoms with van der Waals surface area (Å²) in [6.45, 7) is 0.843. The average molecular weight is 209 g/mol. The number of nitrogens with two attached hydrogens (primary N) is 2. The maximum absolute atomic E-state index is 11.6. The van der Waals surface area contributed by atoms with Crippen molar-refractivity contribution < 1.29 is 9.53 Å². The van der Waals surface area contributed by atoms with E-state index in [0.717, 1.165) is 0 Å². The van der Waals surface area contributed by atoms with Crippen LogP contribution in [0.3, 0.4) is 0 Å². The third-order valence-corrected chi connectivity index (χ3v) is 1.90. The molecule has 0 aliphatic heterocycles. The number of methoxy groups -OCH3 is 1. The number of hydrogen-bond donors (Lipinski definition) is 3. The molecule has 0 saturated carbocycles. The number of rotatable bonds is 4. The molecule has 0 atom stereocenters. The van der Waals surface area contributed by atoms with Gasteiger partial charge < -0.3 is 21.5 Å². The molecule has 0 spiro atoms. The van der Waals surface area contributed by atoms with Crippen LogP contribution in [0.15, 0.2) is 18.2 Å². The molecular weight excluding hydrogens is 194 g/mol. The van der Waals surface area contributed by atoms with Crippen LogP contribution in [0.5, 0.6) is 5.75 Å². The lowest BCUT2D eigenvalue weighted by molar-refractivity contribution is 0.0952. The highest BCUT2D eigenvalue weighted by atomic mass is 16.5. The van der Waals surface area contributed by atoms with Crippen LogP contribution in [0, 0.1) is 0 Å². The van der Waals surface area contributed by atoms with Gasteiger partial charge in [0.1, 0.15) is 5.75 Å². The topological polar surface area (TPSA) is 90.4 Å². The first-order valence-corrected chi connectivity index (χ1v) is 4.61. The zero-order valence-electron chi connectivity index (χ0n) is 8.62. The Bertz CT molecular complexity index is 353. The Morgan fingerprint density at radius 1 is 1.53 bits per heavy atom. The zero-order chi connectivity index (χ0) is 11.3. The fourth-order valence-corrected chi connectivity index (χ4v) is 1.18. The number of hydrogen-bond acceptors (Lipinski definition) is 4. The van der Waals surface area contributed by atoms with Gasteiger partial charge in [-0.2, -0.15) is 0 Å². The Balaban J connectivity index is 2.87. The second-order valence-corrected chi connectivity index (χ2v) is 3.00. The van der Waals surface area contributed by atoms with E-state index >= 15 is 0 Å². The monoisotopic (exact) mass is 209 g/mol. The standard InChI is InChI=1S/C10H15N3O2/c1-15-9-6-7(12)2-3-8(9)10(14)13-5-4-11/h2-3,6H,4-5,11-12H2,1H3,(H,13,14). The van der Waals surface area contributed by atoms with E-state index in [1.807, 2.05) is 0 Å². The van der Waals surface area contributed by atoms with Crippen LogP contribution in [0.4, 0.5) is 5.69 Å². The van der Waals surface area contributed by atoms with Crippen LogP contribution in [0.2, 0.25) is 0 Å². The quantitative estimate of drug-likeness (QED) is 0.607. The average Bonchev–Trinajstić information content (AvgIpc) is 2.25. The highest BCUT2D eigenvalue weighted by Crippen LogP contribution is 2.21. The molecule has 5 heteroatoms. The summed E-state index contributed by atoms with van der Waals surface area (Å²) in [6.07, 6.45) is 0. The Morgan fingerprint density at radius 3 is 2.87 bits per heavy atom. The van der Waals surface area contributed by atoms with Crippen molar-refractivity contribution in [1.82, 2.24) is 5.32 Å². The first kappa shape index (κ1) is 11.3. The Hall–Kier alpha value is -1.75. The molecule has 82 valence electrons. The van der Waals surface area contributed by atoms with E-state index in [1.165, 1.54) is 7.11 Å². The lowest BCUT2D eigenvalue weighted by atomic mass is 10.1. The number of anilines is 1. The molecule has 0 heterocycles. The van der Waals surface area contributed by atoms with Crippen LogP contribution in [0.1, 0.15) is 10.4 Å². The Labute approximate surface area is 88.4 Å². The summed E-state index contributed by atoms with van der Waals surface area (Å²) in [7, 11) is 1.49. The van der Waals surface area contributed by atoms with E-state index in [0.29, 0.717) is 30.1 Å². The zero-order valence-corrected chi connectivity index (χ0v) is 8.62. The van der Waals surface area contributed by atoms with Crippen molar-refractivity contribution in [1.29, 1.82) is 0 Å². The third kappa shape index (κ3) is 2.85. The number of carbonyl (C=O) groups is 1. The van der Waals surface area contributed by atoms with Crippen molar-refractivity contribution in [3.05, 3.63) is 23.8 Å². The normalized spacial score (nSPS) is 9.73. The van der Waals surface area contributed by atoms with Crippen molar-refractivity contribution in [2.24, 2.45) is 5.73 Å². The van der Waals surface area contributed by atoms with Crippen LogP contribution >= 0.6 is 0 Å². The molecule has 1 aromatic rings. The molecule has 1 amide bonds. The molecule has 15 heavy (non-hydrogen) atoms. The van der Waals surface area contributed by atoms with Crippen molar-refractivity contribution in [2.45, 2.75) is 0 Å². The molecule has 5 nitrogen and oxygen atoms in total. The van der Waals surface area contributed by atoms with Crippen molar-refractivity contribution in [3.8, 4) is 5.75 Å². The van der Waals surface area contributed by atoms with E-state index in [9.17, 15) is 4.79 Å². The van der Waals surface area contributed by atoms with Gasteiger partial charge in [0, 0.05) is 24.8 Å². The second kappa shape index (κ2) is 5.21. The van der Waals surface area contributed by atoms with E-state index in [4.69, 9.17) is 16.2 Å². The number of ether oxygens (including phenoxy) is 1. The second-order valence-electron chi connectivity index (χ2n) is 3.00. The van der Waals surface area contributed by atoms with Crippen LogP contribution in [-0.2, 0) is 0 Å². The van der Waals surface area contributed by atoms with Crippen molar-refractivity contribution in [3.63, 3.8) is 0 Å². The number of nitrogens with one attached hydrogen (secondary N) is 1. The van der Waals surface area contributed by atoms with Gasteiger partial charge in [0.25, 0.3) is 5.91 Å². The summed E-state index contributed by atoms with van der Waals surface area (Å²) in [6, 6.07) is 4.89. The number of amides is 1. The summed E-state index contributed by atoms with van der Waals surface area (Å²) in [5.41, 5.74) is 11.9. The van der Waals surface area contributed by atoms with Crippen LogP contribution < -0.4 is 21.5 Å². The fraction of sp³-hybridized carbons (Fsp3) is 0.300. The largest absolute Gasteiger partial charge is 0.496 e. The molecule has 0 aliphatic carbocycles. The first-order chi connectivity index (χ1) is 7.19. The SMILES string of the molecule is COc1cc(N)ccc1C(=O)NCCN. The molecule has 0 unspecified atom stereocenters. The van der Waals surface area contributed by atoms with Crippen LogP contribution in [0.25, 0.3) is 0 Å². The lowest BCUT2D eigenvalue weighted by Gasteiger charge is -2.09. The number of carbonyl (C=O) groups excluding carboxylic acids is 1. The maximum Gasteiger partial charge on any atom is 0.255 e. The molecule has 1 aromatic carbocycles. The van der Waals surface area contributed by atoms with E-state index in [2.05, 4.69) is 5.32 Å². The van der Waals surface area contributed by atoms with Gasteiger partial charge >= 0.3 is 0 Å². The molecule has 5 N–H and O–H groups in total. The molecule has 1 rings (SSSR count). The predicted octanol–water partition coefficient (Wildman–Crippen LogP) is -0.0341. The van der Waals surface area contributed by atoms with E-state index < -0.39 is 0 Å². The minimum atomic E-state index is -0.211. The highest BCUT2D eigenvalue weighted by molar-refractivity contribution is 5.97. The van der Waals surface area contributed by atoms with Gasteiger partial charge in [-0.25, -0.2) is 0 Å². The van der Waals surface area contributed by atoms with Gasteiger partial charge in [-0.1, -0.05) is 0 Å². The summed E-state index contributed by atoms with van der Waals surface area (Å²) in [4.78, 5) is 11.6. The Morgan fingerprint density at radius 2 is 2.27 bits per heavy atom. The highest BCUT2D eigenvalue weighted by Gasteiger charge is 2.11. The van der Waals surface area contributed by atoms with Crippen LogP contribution in [-0.4, -0.2) is 26.1 Å². The molecule has 0 aliphatic rings. The van der Waals surface area contributed by atoms with Gasteiger partial charge in [0.05, 0.1) is 12.7 Å². The number of nitrogen functional groups attached to an aromatic ring is 1. The number of benzene rings is 1. The van der Waals surface area contributed by atoms with Gasteiger partial charge in [-0.3, -0.25) is 4.79 Å². The van der Waals surface area contributed by atoms with Crippen molar-refractivity contribution >= 4 is 11.6 Å². The van der Waals surface area contributed by atoms with Gasteiger partial charge in [0.2, 0.25) is 0 Å². The summed E-state index contributed by atoms with van der Waals surface area (Å²) in [5.74, 6) is 0.252. The molecule has 0 bridgehead atoms. The van der Waals surface area contributed by atoms with Gasteiger partial charge in [-0.15, -0.1) is 0 Å². The van der Waals surface area contributed by atoms with Gasteiger partial charge in [0.15, 0.2) is 0 Å². The third-order valence-electron chi connectivity index (χ3n) is 1.90. The predicted molar refractivity (Wildman–Crippen MR) is 58.8 cm³/mol. The molecule has 0 radical (unpaired) electrons. The van der Waals surface area contributed by atoms with Crippen molar-refractivity contribution in [2.75, 3.05) is 25.9 Å². The lowest BCUT2D eigenvalue weighted by Crippen LogP contribution is -2.29. The van der Waals surface area contributed by atoms with Gasteiger partial charge in [-0.05, 0) is 12.1 Å². The van der Waals surface area contributed by atoms with E-state index in [-0.39, 0.29) is 5.91 Å². The minimum absolute atomic E-state index is 0.211. The maximum atomic E-state index is 11.6. The Kier molecular flexibility index (Phi) is 3.93.